The van der Waals surface area contributed by atoms with E-state index in [2.05, 4.69) is 212 Å². The largest absolute Gasteiger partial charge is 0.337 e. The zero-order chi connectivity index (χ0) is 45.8. The molecule has 0 amide bonds. The van der Waals surface area contributed by atoms with Gasteiger partial charge in [-0.2, -0.15) is 0 Å². The Morgan fingerprint density at radius 3 is 2.17 bits per heavy atom. The maximum atomic E-state index is 5.60. The van der Waals surface area contributed by atoms with Gasteiger partial charge >= 0.3 is 0 Å². The molecule has 2 aliphatic heterocycles. The molecule has 69 heavy (non-hydrogen) atoms. The van der Waals surface area contributed by atoms with Crippen LogP contribution in [-0.4, -0.2) is 26.2 Å². The number of hydrogen-bond donors (Lipinski definition) is 0. The van der Waals surface area contributed by atoms with Gasteiger partial charge in [-0.05, 0) is 126 Å². The lowest BCUT2D eigenvalue weighted by Crippen LogP contribution is -2.32. The number of allylic oxidation sites excluding steroid dienone is 17. The molecule has 340 valence electrons. The van der Waals surface area contributed by atoms with Crippen LogP contribution in [-0.2, 0) is 0 Å². The summed E-state index contributed by atoms with van der Waals surface area (Å²) in [6.07, 6.45) is 42.8. The van der Waals surface area contributed by atoms with Crippen LogP contribution in [0.2, 0.25) is 0 Å². The first kappa shape index (κ1) is 42.5. The predicted molar refractivity (Wildman–Crippen MR) is 286 cm³/mol. The second-order valence-electron chi connectivity index (χ2n) is 20.2. The van der Waals surface area contributed by atoms with Gasteiger partial charge in [0.25, 0.3) is 0 Å². The molecule has 0 radical (unpaired) electrons. The van der Waals surface area contributed by atoms with Crippen molar-refractivity contribution in [2.24, 2.45) is 5.92 Å². The third-order valence-corrected chi connectivity index (χ3v) is 17.7. The second-order valence-corrected chi connectivity index (χ2v) is 21.5. The van der Waals surface area contributed by atoms with E-state index >= 15 is 0 Å². The zero-order valence-electron chi connectivity index (χ0n) is 39.4. The molecule has 0 saturated heterocycles. The van der Waals surface area contributed by atoms with Crippen molar-refractivity contribution < 1.29 is 0 Å². The highest BCUT2D eigenvalue weighted by Gasteiger charge is 2.46. The molecule has 0 spiro atoms. The molecule has 0 fully saturated rings. The van der Waals surface area contributed by atoms with Crippen molar-refractivity contribution in [2.45, 2.75) is 104 Å². The van der Waals surface area contributed by atoms with E-state index in [1.165, 1.54) is 66.4 Å². The lowest BCUT2D eigenvalue weighted by molar-refractivity contribution is 0.564. The van der Waals surface area contributed by atoms with Gasteiger partial charge in [-0.3, -0.25) is 0 Å². The van der Waals surface area contributed by atoms with Crippen LogP contribution in [0.25, 0.3) is 22.3 Å². The molecule has 13 rings (SSSR count). The number of anilines is 1. The number of nitrogens with zero attached hydrogens (tertiary/aromatic N) is 4. The number of aromatic nitrogens is 3. The molecule has 0 saturated carbocycles. The quantitative estimate of drug-likeness (QED) is 0.145. The molecule has 4 nitrogen and oxygen atoms in total. The van der Waals surface area contributed by atoms with Crippen LogP contribution in [0, 0.1) is 5.92 Å². The molecule has 8 aliphatic rings. The first-order valence-corrected chi connectivity index (χ1v) is 26.4. The molecule has 5 heteroatoms. The van der Waals surface area contributed by atoms with Crippen LogP contribution >= 0.6 is 11.8 Å². The molecule has 8 atom stereocenters. The van der Waals surface area contributed by atoms with Crippen LogP contribution in [0.15, 0.2) is 210 Å². The molecule has 3 heterocycles. The summed E-state index contributed by atoms with van der Waals surface area (Å²) in [5, 5.41) is 0.519. The molecular weight excluding hydrogens is 857 g/mol. The Morgan fingerprint density at radius 1 is 0.609 bits per heavy atom. The van der Waals surface area contributed by atoms with E-state index in [0.717, 1.165) is 68.8 Å². The van der Waals surface area contributed by atoms with Gasteiger partial charge in [-0.1, -0.05) is 177 Å². The van der Waals surface area contributed by atoms with Gasteiger partial charge in [0.15, 0.2) is 5.82 Å². The highest BCUT2D eigenvalue weighted by molar-refractivity contribution is 8.00. The van der Waals surface area contributed by atoms with Gasteiger partial charge in [0.2, 0.25) is 0 Å². The maximum absolute atomic E-state index is 5.60. The smallest absolute Gasteiger partial charge is 0.160 e. The number of fused-ring (bicyclic) bond motifs is 5. The van der Waals surface area contributed by atoms with Crippen LogP contribution in [0.5, 0.6) is 0 Å². The number of rotatable bonds is 8. The predicted octanol–water partition coefficient (Wildman–Crippen LogP) is 15.8. The maximum Gasteiger partial charge on any atom is 0.160 e. The van der Waals surface area contributed by atoms with Crippen molar-refractivity contribution in [3.8, 4) is 11.1 Å². The first-order chi connectivity index (χ1) is 34.1. The van der Waals surface area contributed by atoms with E-state index in [1.807, 2.05) is 0 Å². The number of benzene rings is 4. The average molecular weight is 915 g/mol. The summed E-state index contributed by atoms with van der Waals surface area (Å²) in [4.78, 5) is 20.6. The molecule has 8 unspecified atom stereocenters. The van der Waals surface area contributed by atoms with Gasteiger partial charge < -0.3 is 4.90 Å². The molecular formula is C64H58N4S. The lowest BCUT2D eigenvalue weighted by atomic mass is 9.72. The van der Waals surface area contributed by atoms with E-state index in [1.54, 1.807) is 5.57 Å². The Labute approximate surface area is 412 Å². The molecule has 4 aromatic carbocycles. The van der Waals surface area contributed by atoms with Crippen molar-refractivity contribution in [1.29, 1.82) is 0 Å². The van der Waals surface area contributed by atoms with E-state index in [4.69, 9.17) is 15.0 Å². The van der Waals surface area contributed by atoms with Crippen LogP contribution in [0.1, 0.15) is 128 Å². The fourth-order valence-electron chi connectivity index (χ4n) is 12.8. The Morgan fingerprint density at radius 2 is 1.38 bits per heavy atom. The van der Waals surface area contributed by atoms with Crippen LogP contribution in [0.3, 0.4) is 0 Å². The molecule has 5 aromatic rings. The van der Waals surface area contributed by atoms with Gasteiger partial charge in [-0.25, -0.2) is 15.0 Å². The topological polar surface area (TPSA) is 41.9 Å². The van der Waals surface area contributed by atoms with Crippen molar-refractivity contribution in [3.05, 3.63) is 245 Å². The minimum Gasteiger partial charge on any atom is -0.337 e. The third kappa shape index (κ3) is 7.74. The molecule has 0 bridgehead atoms. The van der Waals surface area contributed by atoms with E-state index in [9.17, 15) is 0 Å². The second kappa shape index (κ2) is 18.1. The summed E-state index contributed by atoms with van der Waals surface area (Å²) in [6.45, 7) is 2.44. The summed E-state index contributed by atoms with van der Waals surface area (Å²) in [6, 6.07) is 37.1. The van der Waals surface area contributed by atoms with Gasteiger partial charge in [0.1, 0.15) is 11.6 Å². The minimum absolute atomic E-state index is 0.0828. The standard InChI is InChI=1S/C64H58N4S/c1-41-49(54-37-46(42-19-7-2-8-20-42)31-33-50(54)43-21-9-3-10-22-43)35-36-51(61(41)64-66-62(44-23-11-4-12-24-44)65-63(67-64)45-25-13-5-14-26-45)47-32-34-53-56-39-58-55(40-60(56)69-59(53)38-47)52-29-17-18-30-57(52)68(58)48-27-15-6-16-28-48/h2-13,15-21,23,27-29,31-38,41,43-45,49,56-57,60H,14,22,24-26,30,39-40H2,1H3. The number of thioether (sulfide) groups is 1. The molecule has 6 aliphatic carbocycles. The van der Waals surface area contributed by atoms with E-state index in [0.29, 0.717) is 23.1 Å². The van der Waals surface area contributed by atoms with E-state index in [-0.39, 0.29) is 23.7 Å². The molecule has 1 aromatic heterocycles. The summed E-state index contributed by atoms with van der Waals surface area (Å²) in [5.74, 6) is 4.07. The average Bonchev–Trinajstić information content (AvgIpc) is 3.95. The monoisotopic (exact) mass is 914 g/mol. The summed E-state index contributed by atoms with van der Waals surface area (Å²) in [5.41, 5.74) is 16.5. The van der Waals surface area contributed by atoms with Gasteiger partial charge in [0, 0.05) is 56.7 Å². The van der Waals surface area contributed by atoms with Gasteiger partial charge in [-0.15, -0.1) is 11.8 Å². The highest BCUT2D eigenvalue weighted by atomic mass is 32.2. The highest BCUT2D eigenvalue weighted by Crippen LogP contribution is 2.59. The van der Waals surface area contributed by atoms with Gasteiger partial charge in [0.05, 0.1) is 6.04 Å². The fraction of sp³-hybridized carbons (Fsp3) is 0.266. The van der Waals surface area contributed by atoms with Crippen molar-refractivity contribution in [2.75, 3.05) is 4.90 Å². The Bertz CT molecular complexity index is 3160. The van der Waals surface area contributed by atoms with E-state index < -0.39 is 0 Å². The Kier molecular flexibility index (Phi) is 11.1. The van der Waals surface area contributed by atoms with Crippen LogP contribution in [0.4, 0.5) is 5.69 Å². The Balaban J connectivity index is 0.932. The normalized spacial score (nSPS) is 27.4. The van der Waals surface area contributed by atoms with Crippen molar-refractivity contribution in [1.82, 2.24) is 15.0 Å². The summed E-state index contributed by atoms with van der Waals surface area (Å²) in [7, 11) is 0. The summed E-state index contributed by atoms with van der Waals surface area (Å²) < 4.78 is 0. The SMILES string of the molecule is CC1C(c2nc(C3C=CC=CC3)nc(C3CC=CCC3)n2)=C(c2ccc3c(c2)SC2CC4=C(CC32)N(c2ccccc2)C2CC=CC=C42)C=CC1c1cc(-c2ccccc2)ccc1C1C=CC=CC1. The summed E-state index contributed by atoms with van der Waals surface area (Å²) >= 11 is 2.12. The van der Waals surface area contributed by atoms with Crippen molar-refractivity contribution in [3.63, 3.8) is 0 Å². The first-order valence-electron chi connectivity index (χ1n) is 25.6. The molecule has 0 N–H and O–H groups in total. The Hall–Kier alpha value is -6.56. The lowest BCUT2D eigenvalue weighted by Gasteiger charge is -2.33. The number of hydrogen-bond acceptors (Lipinski definition) is 5. The number of para-hydroxylation sites is 1. The third-order valence-electron chi connectivity index (χ3n) is 16.3. The minimum atomic E-state index is 0.0828. The van der Waals surface area contributed by atoms with Crippen LogP contribution < -0.4 is 4.90 Å². The van der Waals surface area contributed by atoms with Crippen molar-refractivity contribution >= 4 is 28.6 Å². The zero-order valence-corrected chi connectivity index (χ0v) is 40.2. The fourth-order valence-corrected chi connectivity index (χ4v) is 14.3.